The van der Waals surface area contributed by atoms with E-state index in [0.29, 0.717) is 12.5 Å². The molecule has 98 valence electrons. The van der Waals surface area contributed by atoms with E-state index in [9.17, 15) is 5.11 Å². The van der Waals surface area contributed by atoms with Crippen LogP contribution in [0.15, 0.2) is 0 Å². The van der Waals surface area contributed by atoms with Gasteiger partial charge in [0.05, 0.1) is 12.1 Å². The minimum absolute atomic E-state index is 0.0164. The SMILES string of the molecule is CNC(CO)(CN(CC1CC1)C1CC1)C1CC1. The van der Waals surface area contributed by atoms with E-state index in [0.717, 1.165) is 18.5 Å². The lowest BCUT2D eigenvalue weighted by Gasteiger charge is -2.37. The van der Waals surface area contributed by atoms with E-state index in [4.69, 9.17) is 0 Å². The molecular weight excluding hydrogens is 212 g/mol. The number of hydrogen-bond acceptors (Lipinski definition) is 3. The summed E-state index contributed by atoms with van der Waals surface area (Å²) < 4.78 is 0. The first-order valence-corrected chi connectivity index (χ1v) is 7.31. The van der Waals surface area contributed by atoms with Crippen LogP contribution in [0.1, 0.15) is 38.5 Å². The Morgan fingerprint density at radius 2 is 1.88 bits per heavy atom. The molecule has 3 saturated carbocycles. The van der Waals surface area contributed by atoms with Crippen molar-refractivity contribution in [1.29, 1.82) is 0 Å². The molecule has 0 aromatic carbocycles. The van der Waals surface area contributed by atoms with E-state index >= 15 is 0 Å². The third-order valence-electron chi connectivity index (χ3n) is 4.88. The predicted octanol–water partition coefficient (Wildman–Crippen LogP) is 1.22. The van der Waals surface area contributed by atoms with Crippen molar-refractivity contribution < 1.29 is 5.11 Å². The predicted molar refractivity (Wildman–Crippen MR) is 68.9 cm³/mol. The zero-order chi connectivity index (χ0) is 11.9. The van der Waals surface area contributed by atoms with Crippen molar-refractivity contribution in [2.45, 2.75) is 50.1 Å². The number of nitrogens with zero attached hydrogens (tertiary/aromatic N) is 1. The fourth-order valence-electron chi connectivity index (χ4n) is 3.08. The van der Waals surface area contributed by atoms with Gasteiger partial charge in [0.15, 0.2) is 0 Å². The van der Waals surface area contributed by atoms with Gasteiger partial charge in [-0.05, 0) is 57.4 Å². The second kappa shape index (κ2) is 4.52. The van der Waals surface area contributed by atoms with Gasteiger partial charge in [0, 0.05) is 19.1 Å². The third-order valence-corrected chi connectivity index (χ3v) is 4.88. The Balaban J connectivity index is 1.63. The molecule has 3 aliphatic carbocycles. The highest BCUT2D eigenvalue weighted by Gasteiger charge is 2.47. The van der Waals surface area contributed by atoms with Gasteiger partial charge in [-0.1, -0.05) is 0 Å². The van der Waals surface area contributed by atoms with Crippen LogP contribution in [0.2, 0.25) is 0 Å². The quantitative estimate of drug-likeness (QED) is 0.667. The Labute approximate surface area is 105 Å². The van der Waals surface area contributed by atoms with Gasteiger partial charge in [-0.2, -0.15) is 0 Å². The molecule has 0 heterocycles. The fourth-order valence-corrected chi connectivity index (χ4v) is 3.08. The van der Waals surface area contributed by atoms with Gasteiger partial charge < -0.3 is 10.4 Å². The number of rotatable bonds is 8. The molecule has 1 unspecified atom stereocenters. The lowest BCUT2D eigenvalue weighted by atomic mass is 9.93. The summed E-state index contributed by atoms with van der Waals surface area (Å²) in [7, 11) is 2.02. The highest BCUT2D eigenvalue weighted by molar-refractivity contribution is 5.04. The first-order valence-electron chi connectivity index (χ1n) is 7.31. The maximum Gasteiger partial charge on any atom is 0.0628 e. The lowest BCUT2D eigenvalue weighted by Crippen LogP contribution is -2.57. The molecule has 2 N–H and O–H groups in total. The van der Waals surface area contributed by atoms with Crippen molar-refractivity contribution in [3.63, 3.8) is 0 Å². The van der Waals surface area contributed by atoms with Gasteiger partial charge in [-0.15, -0.1) is 0 Å². The van der Waals surface area contributed by atoms with Crippen LogP contribution >= 0.6 is 0 Å². The van der Waals surface area contributed by atoms with Crippen LogP contribution in [0.4, 0.5) is 0 Å². The summed E-state index contributed by atoms with van der Waals surface area (Å²) in [5, 5.41) is 13.2. The van der Waals surface area contributed by atoms with Crippen LogP contribution in [0.5, 0.6) is 0 Å². The molecule has 1 atom stereocenters. The summed E-state index contributed by atoms with van der Waals surface area (Å²) in [5.74, 6) is 1.67. The van der Waals surface area contributed by atoms with E-state index in [-0.39, 0.29) is 5.54 Å². The van der Waals surface area contributed by atoms with Crippen LogP contribution in [-0.2, 0) is 0 Å². The molecule has 0 aliphatic heterocycles. The molecule has 0 radical (unpaired) electrons. The molecule has 3 nitrogen and oxygen atoms in total. The Morgan fingerprint density at radius 3 is 2.29 bits per heavy atom. The van der Waals surface area contributed by atoms with Crippen molar-refractivity contribution >= 4 is 0 Å². The summed E-state index contributed by atoms with van der Waals surface area (Å²) in [6.45, 7) is 2.63. The number of likely N-dealkylation sites (N-methyl/N-ethyl adjacent to an activating group) is 1. The molecular formula is C14H26N2O. The van der Waals surface area contributed by atoms with Crippen molar-refractivity contribution in [3.05, 3.63) is 0 Å². The number of aliphatic hydroxyl groups is 1. The van der Waals surface area contributed by atoms with E-state index in [1.807, 2.05) is 7.05 Å². The molecule has 0 aromatic heterocycles. The monoisotopic (exact) mass is 238 g/mol. The topological polar surface area (TPSA) is 35.5 Å². The van der Waals surface area contributed by atoms with Crippen molar-refractivity contribution in [2.24, 2.45) is 11.8 Å². The largest absolute Gasteiger partial charge is 0.394 e. The second-order valence-electron chi connectivity index (χ2n) is 6.44. The first-order chi connectivity index (χ1) is 8.27. The highest BCUT2D eigenvalue weighted by Crippen LogP contribution is 2.42. The minimum atomic E-state index is -0.0164. The standard InChI is InChI=1S/C14H26N2O/c1-15-14(10-17,12-4-5-12)9-16(13-6-7-13)8-11-2-3-11/h11-13,15,17H,2-10H2,1H3. The molecule has 3 heteroatoms. The molecule has 3 rings (SSSR count). The molecule has 0 saturated heterocycles. The molecule has 3 aliphatic rings. The summed E-state index contributed by atoms with van der Waals surface area (Å²) in [6, 6.07) is 0.827. The molecule has 0 bridgehead atoms. The molecule has 3 fully saturated rings. The normalized spacial score (nSPS) is 28.4. The Bertz CT molecular complexity index is 265. The zero-order valence-corrected chi connectivity index (χ0v) is 11.0. The summed E-state index contributed by atoms with van der Waals surface area (Å²) >= 11 is 0. The summed E-state index contributed by atoms with van der Waals surface area (Å²) in [5.41, 5.74) is -0.0164. The summed E-state index contributed by atoms with van der Waals surface area (Å²) in [6.07, 6.45) is 8.20. The fraction of sp³-hybridized carbons (Fsp3) is 1.00. The van der Waals surface area contributed by atoms with Crippen molar-refractivity contribution in [1.82, 2.24) is 10.2 Å². The van der Waals surface area contributed by atoms with Crippen molar-refractivity contribution in [3.8, 4) is 0 Å². The van der Waals surface area contributed by atoms with E-state index in [1.54, 1.807) is 0 Å². The maximum absolute atomic E-state index is 9.80. The Kier molecular flexibility index (Phi) is 3.18. The van der Waals surface area contributed by atoms with E-state index in [2.05, 4.69) is 10.2 Å². The van der Waals surface area contributed by atoms with Gasteiger partial charge in [0.25, 0.3) is 0 Å². The van der Waals surface area contributed by atoms with Gasteiger partial charge in [0.2, 0.25) is 0 Å². The molecule has 17 heavy (non-hydrogen) atoms. The number of nitrogens with one attached hydrogen (secondary N) is 1. The first kappa shape index (κ1) is 11.9. The summed E-state index contributed by atoms with van der Waals surface area (Å²) in [4.78, 5) is 2.67. The van der Waals surface area contributed by atoms with Gasteiger partial charge in [-0.3, -0.25) is 4.90 Å². The Hall–Kier alpha value is -0.120. The van der Waals surface area contributed by atoms with Crippen LogP contribution < -0.4 is 5.32 Å². The van der Waals surface area contributed by atoms with Crippen LogP contribution in [0.25, 0.3) is 0 Å². The number of hydrogen-bond donors (Lipinski definition) is 2. The number of aliphatic hydroxyl groups excluding tert-OH is 1. The molecule has 0 amide bonds. The second-order valence-corrected chi connectivity index (χ2v) is 6.44. The lowest BCUT2D eigenvalue weighted by molar-refractivity contribution is 0.0905. The van der Waals surface area contributed by atoms with Crippen LogP contribution in [0.3, 0.4) is 0 Å². The highest BCUT2D eigenvalue weighted by atomic mass is 16.3. The zero-order valence-electron chi connectivity index (χ0n) is 11.0. The maximum atomic E-state index is 9.80. The Morgan fingerprint density at radius 1 is 1.18 bits per heavy atom. The van der Waals surface area contributed by atoms with E-state index in [1.165, 1.54) is 45.1 Å². The van der Waals surface area contributed by atoms with Gasteiger partial charge in [-0.25, -0.2) is 0 Å². The van der Waals surface area contributed by atoms with Gasteiger partial charge >= 0.3 is 0 Å². The average molecular weight is 238 g/mol. The molecule has 0 aromatic rings. The van der Waals surface area contributed by atoms with Crippen LogP contribution in [0, 0.1) is 11.8 Å². The minimum Gasteiger partial charge on any atom is -0.394 e. The average Bonchev–Trinajstić information content (AvgIpc) is 3.18. The van der Waals surface area contributed by atoms with Gasteiger partial charge in [0.1, 0.15) is 0 Å². The van der Waals surface area contributed by atoms with Crippen LogP contribution in [-0.4, -0.2) is 48.3 Å². The van der Waals surface area contributed by atoms with E-state index < -0.39 is 0 Å². The molecule has 0 spiro atoms. The smallest absolute Gasteiger partial charge is 0.0628 e. The third kappa shape index (κ3) is 2.67. The van der Waals surface area contributed by atoms with Crippen molar-refractivity contribution in [2.75, 3.05) is 26.7 Å².